The van der Waals surface area contributed by atoms with Crippen molar-refractivity contribution in [2.75, 3.05) is 14.2 Å². The fourth-order valence-electron chi connectivity index (χ4n) is 3.01. The summed E-state index contributed by atoms with van der Waals surface area (Å²) in [5, 5.41) is 9.09. The molecule has 0 radical (unpaired) electrons. The molecule has 1 atom stereocenters. The smallest absolute Gasteiger partial charge is 0.242 e. The summed E-state index contributed by atoms with van der Waals surface area (Å²) in [6.07, 6.45) is 2.38. The third-order valence-electron chi connectivity index (χ3n) is 4.76. The molecule has 2 aromatic rings. The molecule has 1 amide bonds. The van der Waals surface area contributed by atoms with Crippen molar-refractivity contribution in [1.29, 1.82) is 0 Å². The van der Waals surface area contributed by atoms with E-state index in [0.717, 1.165) is 23.1 Å². The molecular formula is C22H25N3O3S. The maximum atomic E-state index is 12.8. The van der Waals surface area contributed by atoms with Crippen LogP contribution >= 0.6 is 11.8 Å². The lowest BCUT2D eigenvalue weighted by Gasteiger charge is -2.17. The average molecular weight is 412 g/mol. The summed E-state index contributed by atoms with van der Waals surface area (Å²) in [4.78, 5) is 14.5. The second kappa shape index (κ2) is 9.60. The van der Waals surface area contributed by atoms with Crippen LogP contribution in [0.4, 0.5) is 0 Å². The van der Waals surface area contributed by atoms with E-state index >= 15 is 0 Å². The fourth-order valence-corrected chi connectivity index (χ4v) is 4.04. The molecule has 0 N–H and O–H groups in total. The van der Waals surface area contributed by atoms with Crippen LogP contribution in [0.15, 0.2) is 52.7 Å². The van der Waals surface area contributed by atoms with Crippen LogP contribution in [-0.4, -0.2) is 41.7 Å². The number of benzene rings is 2. The lowest BCUT2D eigenvalue weighted by Crippen LogP contribution is -2.31. The predicted molar refractivity (Wildman–Crippen MR) is 118 cm³/mol. The molecule has 1 heterocycles. The molecule has 7 heteroatoms. The quantitative estimate of drug-likeness (QED) is 0.505. The molecule has 0 saturated carbocycles. The van der Waals surface area contributed by atoms with Gasteiger partial charge >= 0.3 is 0 Å². The third kappa shape index (κ3) is 4.79. The molecule has 29 heavy (non-hydrogen) atoms. The summed E-state index contributed by atoms with van der Waals surface area (Å²) in [6, 6.07) is 13.5. The van der Waals surface area contributed by atoms with Crippen molar-refractivity contribution in [1.82, 2.24) is 4.90 Å². The van der Waals surface area contributed by atoms with Gasteiger partial charge in [-0.2, -0.15) is 5.10 Å². The summed E-state index contributed by atoms with van der Waals surface area (Å²) in [6.45, 7) is 4.55. The molecule has 1 aliphatic heterocycles. The second-order valence-electron chi connectivity index (χ2n) is 6.60. The van der Waals surface area contributed by atoms with E-state index in [1.54, 1.807) is 31.4 Å². The van der Waals surface area contributed by atoms with E-state index in [-0.39, 0.29) is 11.2 Å². The van der Waals surface area contributed by atoms with Gasteiger partial charge in [-0.15, -0.1) is 5.10 Å². The number of methoxy groups -OCH3 is 2. The van der Waals surface area contributed by atoms with Crippen molar-refractivity contribution in [3.05, 3.63) is 59.2 Å². The molecule has 1 saturated heterocycles. The minimum absolute atomic E-state index is 0.0803. The van der Waals surface area contributed by atoms with E-state index in [1.807, 2.05) is 50.2 Å². The summed E-state index contributed by atoms with van der Waals surface area (Å²) in [5.74, 6) is 1.43. The zero-order valence-electron chi connectivity index (χ0n) is 17.1. The molecule has 0 spiro atoms. The number of ether oxygens (including phenoxy) is 2. The number of amides is 1. The van der Waals surface area contributed by atoms with Crippen LogP contribution in [-0.2, 0) is 11.3 Å². The van der Waals surface area contributed by atoms with Gasteiger partial charge in [-0.3, -0.25) is 9.69 Å². The molecule has 152 valence electrons. The maximum absolute atomic E-state index is 12.8. The Kier molecular flexibility index (Phi) is 6.93. The van der Waals surface area contributed by atoms with Crippen molar-refractivity contribution in [2.24, 2.45) is 10.2 Å². The molecule has 1 aliphatic rings. The van der Waals surface area contributed by atoms with Crippen molar-refractivity contribution < 1.29 is 14.3 Å². The lowest BCUT2D eigenvalue weighted by molar-refractivity contribution is -0.126. The van der Waals surface area contributed by atoms with Crippen molar-refractivity contribution in [3.63, 3.8) is 0 Å². The van der Waals surface area contributed by atoms with Gasteiger partial charge in [0.25, 0.3) is 0 Å². The first-order valence-corrected chi connectivity index (χ1v) is 10.3. The van der Waals surface area contributed by atoms with Crippen molar-refractivity contribution in [2.45, 2.75) is 32.1 Å². The molecule has 1 fully saturated rings. The Hall–Kier alpha value is -2.80. The fraction of sp³-hybridized carbons (Fsp3) is 0.318. The highest BCUT2D eigenvalue weighted by Gasteiger charge is 2.37. The topological polar surface area (TPSA) is 63.5 Å². The van der Waals surface area contributed by atoms with Crippen molar-refractivity contribution in [3.8, 4) is 11.5 Å². The van der Waals surface area contributed by atoms with E-state index < -0.39 is 0 Å². The van der Waals surface area contributed by atoms with Gasteiger partial charge in [0, 0.05) is 11.6 Å². The van der Waals surface area contributed by atoms with Crippen LogP contribution in [0.5, 0.6) is 11.5 Å². The van der Waals surface area contributed by atoms with Gasteiger partial charge in [0.2, 0.25) is 5.91 Å². The number of carbonyl (C=O) groups is 1. The van der Waals surface area contributed by atoms with Crippen LogP contribution < -0.4 is 9.47 Å². The molecule has 3 rings (SSSR count). The Morgan fingerprint density at radius 1 is 1.17 bits per heavy atom. The van der Waals surface area contributed by atoms with E-state index in [1.165, 1.54) is 11.8 Å². The Morgan fingerprint density at radius 3 is 2.66 bits per heavy atom. The van der Waals surface area contributed by atoms with Crippen LogP contribution in [0.1, 0.15) is 30.0 Å². The van der Waals surface area contributed by atoms with Crippen molar-refractivity contribution >= 4 is 29.1 Å². The largest absolute Gasteiger partial charge is 0.497 e. The first-order chi connectivity index (χ1) is 14.1. The lowest BCUT2D eigenvalue weighted by atomic mass is 10.1. The zero-order valence-corrected chi connectivity index (χ0v) is 17.9. The normalized spacial score (nSPS) is 18.1. The standard InChI is InChI=1S/C22H25N3O3S/c1-5-20-21(26)25(14-17-9-7-6-8-15(17)2)22(29-20)24-23-13-16-10-11-18(27-3)12-19(16)28-4/h6-13,20H,5,14H2,1-4H3/b23-13-,24-22-/t20-/m0/s1. The Balaban J connectivity index is 1.84. The number of nitrogens with zero attached hydrogens (tertiary/aromatic N) is 3. The van der Waals surface area contributed by atoms with Crippen LogP contribution in [0.25, 0.3) is 0 Å². The first-order valence-electron chi connectivity index (χ1n) is 9.43. The van der Waals surface area contributed by atoms with Gasteiger partial charge in [-0.05, 0) is 36.6 Å². The Bertz CT molecular complexity index is 943. The van der Waals surface area contributed by atoms with Crippen LogP contribution in [0.3, 0.4) is 0 Å². The number of hydrogen-bond acceptors (Lipinski definition) is 6. The molecule has 6 nitrogen and oxygen atoms in total. The average Bonchev–Trinajstić information content (AvgIpc) is 3.04. The number of rotatable bonds is 7. The van der Waals surface area contributed by atoms with Gasteiger partial charge in [0.05, 0.1) is 32.2 Å². The minimum atomic E-state index is -0.122. The highest BCUT2D eigenvalue weighted by atomic mass is 32.2. The van der Waals surface area contributed by atoms with Gasteiger partial charge in [0.15, 0.2) is 5.17 Å². The molecular weight excluding hydrogens is 386 g/mol. The summed E-state index contributed by atoms with van der Waals surface area (Å²) >= 11 is 1.46. The number of thioether (sulfide) groups is 1. The number of aryl methyl sites for hydroxylation is 1. The third-order valence-corrected chi connectivity index (χ3v) is 6.09. The number of hydrogen-bond donors (Lipinski definition) is 0. The van der Waals surface area contributed by atoms with Gasteiger partial charge in [0.1, 0.15) is 11.5 Å². The summed E-state index contributed by atoms with van der Waals surface area (Å²) in [7, 11) is 3.20. The molecule has 0 aliphatic carbocycles. The highest BCUT2D eigenvalue weighted by Crippen LogP contribution is 2.31. The Labute approximate surface area is 175 Å². The number of amidine groups is 1. The van der Waals surface area contributed by atoms with E-state index in [4.69, 9.17) is 9.47 Å². The monoisotopic (exact) mass is 411 g/mol. The molecule has 0 unspecified atom stereocenters. The SMILES string of the molecule is CC[C@@H]1S/C(=N\N=C/c2ccc(OC)cc2OC)N(Cc2ccccc2C)C1=O. The number of carbonyl (C=O) groups excluding carboxylic acids is 1. The Morgan fingerprint density at radius 2 is 1.97 bits per heavy atom. The van der Waals surface area contributed by atoms with E-state index in [2.05, 4.69) is 10.2 Å². The van der Waals surface area contributed by atoms with Gasteiger partial charge in [-0.25, -0.2) is 0 Å². The maximum Gasteiger partial charge on any atom is 0.242 e. The zero-order chi connectivity index (χ0) is 20.8. The van der Waals surface area contributed by atoms with E-state index in [9.17, 15) is 4.79 Å². The summed E-state index contributed by atoms with van der Waals surface area (Å²) in [5.41, 5.74) is 3.03. The molecule has 2 aromatic carbocycles. The van der Waals surface area contributed by atoms with Crippen LogP contribution in [0.2, 0.25) is 0 Å². The predicted octanol–water partition coefficient (Wildman–Crippen LogP) is 4.26. The second-order valence-corrected chi connectivity index (χ2v) is 7.77. The minimum Gasteiger partial charge on any atom is -0.497 e. The van der Waals surface area contributed by atoms with E-state index in [0.29, 0.717) is 23.2 Å². The molecule has 0 bridgehead atoms. The first kappa shape index (κ1) is 20.9. The van der Waals surface area contributed by atoms with Crippen LogP contribution in [0, 0.1) is 6.92 Å². The highest BCUT2D eigenvalue weighted by molar-refractivity contribution is 8.15. The van der Waals surface area contributed by atoms with Gasteiger partial charge < -0.3 is 9.47 Å². The molecule has 0 aromatic heterocycles. The van der Waals surface area contributed by atoms with Gasteiger partial charge in [-0.1, -0.05) is 43.0 Å². The summed E-state index contributed by atoms with van der Waals surface area (Å²) < 4.78 is 10.6.